The Hall–Kier alpha value is -5.78. The number of benzene rings is 1. The number of carbonyl (C=O) groups is 5. The fourth-order valence-electron chi connectivity index (χ4n) is 5.09. The van der Waals surface area contributed by atoms with Gasteiger partial charge in [-0.25, -0.2) is 29.4 Å². The number of hydrogen-bond acceptors (Lipinski definition) is 17. The van der Waals surface area contributed by atoms with E-state index >= 15 is 0 Å². The molecule has 3 amide bonds. The molecule has 9 N–H and O–H groups in total. The molecule has 266 valence electrons. The SMILES string of the molecule is CC1=NC2=CN(C(=O)O)NN2C(SCC2=C(C(=O)O)N3C(=O)[C@@H](NC(=O)C(=NO[C@@H](C(=O)O)c4ccc(O)c(O)c4)c4csc(N)n4)[C@H]3SC2)=C1. The number of carbonyl (C=O) groups excluding carboxylic acids is 2. The number of carboxylic acid groups (broad SMARTS) is 3. The van der Waals surface area contributed by atoms with Crippen molar-refractivity contribution < 1.29 is 54.3 Å². The topological polar surface area (TPSA) is 293 Å². The van der Waals surface area contributed by atoms with Crippen LogP contribution in [0.25, 0.3) is 0 Å². The van der Waals surface area contributed by atoms with Gasteiger partial charge in [0.2, 0.25) is 6.10 Å². The lowest BCUT2D eigenvalue weighted by Gasteiger charge is -2.49. The van der Waals surface area contributed by atoms with E-state index in [2.05, 4.69) is 26.0 Å². The number of aliphatic imine (C=N–C) groups is 1. The number of fused-ring (bicyclic) bond motifs is 2. The Morgan fingerprint density at radius 3 is 2.63 bits per heavy atom. The molecular formula is C28H25N9O11S3. The molecule has 0 radical (unpaired) electrons. The van der Waals surface area contributed by atoms with Crippen LogP contribution >= 0.6 is 34.9 Å². The first kappa shape index (κ1) is 35.1. The van der Waals surface area contributed by atoms with Gasteiger partial charge in [-0.15, -0.1) is 40.4 Å². The molecule has 0 unspecified atom stereocenters. The monoisotopic (exact) mass is 759 g/mol. The van der Waals surface area contributed by atoms with Crippen LogP contribution in [0.15, 0.2) is 68.1 Å². The Labute approximate surface area is 298 Å². The summed E-state index contributed by atoms with van der Waals surface area (Å²) < 4.78 is 0. The van der Waals surface area contributed by atoms with Crippen molar-refractivity contribution in [2.75, 3.05) is 17.2 Å². The van der Waals surface area contributed by atoms with Crippen LogP contribution in [0.1, 0.15) is 24.3 Å². The van der Waals surface area contributed by atoms with Gasteiger partial charge in [0.1, 0.15) is 22.8 Å². The highest BCUT2D eigenvalue weighted by atomic mass is 32.2. The Morgan fingerprint density at radius 1 is 1.22 bits per heavy atom. The molecule has 5 heterocycles. The highest BCUT2D eigenvalue weighted by Crippen LogP contribution is 2.42. The number of allylic oxidation sites excluding steroid dienone is 1. The van der Waals surface area contributed by atoms with Crippen LogP contribution in [0.5, 0.6) is 11.5 Å². The molecular weight excluding hydrogens is 735 g/mol. The maximum Gasteiger partial charge on any atom is 0.427 e. The van der Waals surface area contributed by atoms with Gasteiger partial charge >= 0.3 is 18.0 Å². The minimum absolute atomic E-state index is 0.0394. The number of hydrazine groups is 2. The molecule has 0 saturated carbocycles. The largest absolute Gasteiger partial charge is 0.504 e. The average molecular weight is 760 g/mol. The number of oxime groups is 1. The second kappa shape index (κ2) is 13.9. The third kappa shape index (κ3) is 6.86. The number of rotatable bonds is 11. The van der Waals surface area contributed by atoms with Gasteiger partial charge in [0, 0.05) is 28.2 Å². The molecule has 1 aromatic carbocycles. The second-order valence-corrected chi connectivity index (χ2v) is 13.8. The fraction of sp³-hybridized carbons (Fsp3) is 0.214. The first-order chi connectivity index (χ1) is 24.2. The van der Waals surface area contributed by atoms with E-state index in [1.807, 2.05) is 0 Å². The van der Waals surface area contributed by atoms with Gasteiger partial charge in [0.25, 0.3) is 11.8 Å². The predicted molar refractivity (Wildman–Crippen MR) is 181 cm³/mol. The summed E-state index contributed by atoms with van der Waals surface area (Å²) in [4.78, 5) is 77.4. The number of β-lactam (4-membered cyclic amide) rings is 1. The number of aromatic hydroxyl groups is 2. The van der Waals surface area contributed by atoms with Gasteiger partial charge < -0.3 is 41.4 Å². The molecule has 20 nitrogen and oxygen atoms in total. The number of thioether (sulfide) groups is 2. The maximum absolute atomic E-state index is 13.5. The van der Waals surface area contributed by atoms with Crippen molar-refractivity contribution in [3.63, 3.8) is 0 Å². The number of anilines is 1. The quantitative estimate of drug-likeness (QED) is 0.0686. The zero-order valence-electron chi connectivity index (χ0n) is 25.8. The van der Waals surface area contributed by atoms with Crippen LogP contribution in [0.4, 0.5) is 9.93 Å². The van der Waals surface area contributed by atoms with E-state index in [1.54, 1.807) is 13.0 Å². The maximum atomic E-state index is 13.5. The van der Waals surface area contributed by atoms with Crippen LogP contribution < -0.4 is 16.6 Å². The highest BCUT2D eigenvalue weighted by Gasteiger charge is 2.54. The summed E-state index contributed by atoms with van der Waals surface area (Å²) >= 11 is 3.34. The number of thiazole rings is 1. The number of amides is 3. The molecule has 6 rings (SSSR count). The van der Waals surface area contributed by atoms with Crippen molar-refractivity contribution >= 4 is 81.3 Å². The number of nitrogens with one attached hydrogen (secondary N) is 2. The minimum atomic E-state index is -1.84. The Balaban J connectivity index is 1.18. The molecule has 23 heteroatoms. The smallest absolute Gasteiger partial charge is 0.427 e. The van der Waals surface area contributed by atoms with E-state index in [0.717, 1.165) is 39.4 Å². The van der Waals surface area contributed by atoms with Crippen molar-refractivity contribution in [2.45, 2.75) is 24.4 Å². The number of nitrogens with two attached hydrogens (primary N) is 1. The van der Waals surface area contributed by atoms with E-state index < -0.39 is 64.6 Å². The van der Waals surface area contributed by atoms with Crippen LogP contribution in [-0.2, 0) is 24.0 Å². The summed E-state index contributed by atoms with van der Waals surface area (Å²) in [7, 11) is 0. The zero-order valence-corrected chi connectivity index (χ0v) is 28.2. The van der Waals surface area contributed by atoms with Crippen molar-refractivity contribution in [3.8, 4) is 11.5 Å². The number of nitrogen functional groups attached to an aromatic ring is 1. The zero-order chi connectivity index (χ0) is 36.7. The molecule has 1 saturated heterocycles. The van der Waals surface area contributed by atoms with Crippen LogP contribution in [0.3, 0.4) is 0 Å². The first-order valence-electron chi connectivity index (χ1n) is 14.3. The van der Waals surface area contributed by atoms with Crippen molar-refractivity contribution in [3.05, 3.63) is 69.2 Å². The van der Waals surface area contributed by atoms with Crippen LogP contribution in [0, 0.1) is 0 Å². The molecule has 0 spiro atoms. The molecule has 1 fully saturated rings. The summed E-state index contributed by atoms with van der Waals surface area (Å²) in [6, 6.07) is 1.94. The lowest BCUT2D eigenvalue weighted by molar-refractivity contribution is -0.151. The summed E-state index contributed by atoms with van der Waals surface area (Å²) in [5.74, 6) is -5.19. The van der Waals surface area contributed by atoms with Gasteiger partial charge in [0.15, 0.2) is 28.2 Å². The Morgan fingerprint density at radius 2 is 1.98 bits per heavy atom. The van der Waals surface area contributed by atoms with E-state index in [9.17, 15) is 49.5 Å². The molecule has 4 aliphatic rings. The average Bonchev–Trinajstić information content (AvgIpc) is 3.71. The Kier molecular flexibility index (Phi) is 9.52. The normalized spacial score (nSPS) is 20.4. The first-order valence-corrected chi connectivity index (χ1v) is 17.3. The van der Waals surface area contributed by atoms with Crippen molar-refractivity contribution in [1.29, 1.82) is 0 Å². The second-order valence-electron chi connectivity index (χ2n) is 10.8. The number of phenolic OH excluding ortho intramolecular Hbond substituents is 2. The Bertz CT molecular complexity index is 2030. The molecule has 0 bridgehead atoms. The molecule has 1 aromatic heterocycles. The molecule has 51 heavy (non-hydrogen) atoms. The highest BCUT2D eigenvalue weighted by molar-refractivity contribution is 8.03. The number of aromatic nitrogens is 1. The summed E-state index contributed by atoms with van der Waals surface area (Å²) in [6.45, 7) is 1.72. The van der Waals surface area contributed by atoms with E-state index in [-0.39, 0.29) is 33.6 Å². The molecule has 3 atom stereocenters. The number of phenols is 2. The van der Waals surface area contributed by atoms with E-state index in [1.165, 1.54) is 40.1 Å². The molecule has 2 aromatic rings. The summed E-state index contributed by atoms with van der Waals surface area (Å²) in [5, 5.41) is 58.2. The van der Waals surface area contributed by atoms with Gasteiger partial charge in [-0.1, -0.05) is 11.2 Å². The van der Waals surface area contributed by atoms with Crippen LogP contribution in [0.2, 0.25) is 0 Å². The van der Waals surface area contributed by atoms with Crippen LogP contribution in [-0.4, -0.2) is 110 Å². The standard InChI is InChI=1S/C28H25N9O11S3/c1-10-4-17(37-16(30-10)6-35(34-37)28(46)47)49-7-12-8-50-24-19(23(41)36(24)20(12)25(42)43)32-22(40)18(13-9-51-27(29)31-13)33-48-21(26(44)45)11-2-3-14(38)15(39)5-11/h2-6,9,19,21,24,34,38-39H,7-8H2,1H3,(H2,29,31)(H,32,40)(H,42,43)(H,44,45)(H,46,47)/t19-,21-,24-/m1/s1. The van der Waals surface area contributed by atoms with E-state index in [4.69, 9.17) is 10.6 Å². The van der Waals surface area contributed by atoms with Crippen molar-refractivity contribution in [2.24, 2.45) is 10.1 Å². The molecule has 0 aliphatic carbocycles. The van der Waals surface area contributed by atoms with Crippen molar-refractivity contribution in [1.82, 2.24) is 30.8 Å². The summed E-state index contributed by atoms with van der Waals surface area (Å²) in [5.41, 5.74) is 8.35. The fourth-order valence-corrected chi connectivity index (χ4v) is 8.19. The molecule has 4 aliphatic heterocycles. The van der Waals surface area contributed by atoms with Gasteiger partial charge in [-0.2, -0.15) is 5.01 Å². The lowest BCUT2D eigenvalue weighted by Crippen LogP contribution is -2.71. The number of aliphatic carboxylic acids is 2. The van der Waals surface area contributed by atoms with Gasteiger partial charge in [-0.05, 0) is 30.7 Å². The number of carboxylic acids is 2. The van der Waals surface area contributed by atoms with Gasteiger partial charge in [-0.3, -0.25) is 14.5 Å². The van der Waals surface area contributed by atoms with E-state index in [0.29, 0.717) is 22.1 Å². The van der Waals surface area contributed by atoms with Gasteiger partial charge in [0.05, 0.1) is 11.2 Å². The minimum Gasteiger partial charge on any atom is -0.504 e. The number of nitrogens with zero attached hydrogens (tertiary/aromatic N) is 6. The third-order valence-corrected chi connectivity index (χ3v) is 10.5. The predicted octanol–water partition coefficient (Wildman–Crippen LogP) is 0.985. The number of hydrogen-bond donors (Lipinski definition) is 8. The summed E-state index contributed by atoms with van der Waals surface area (Å²) in [6.07, 6.45) is -0.136. The lowest BCUT2D eigenvalue weighted by atomic mass is 10.0. The third-order valence-electron chi connectivity index (χ3n) is 7.42.